The zero-order valence-corrected chi connectivity index (χ0v) is 16.7. The second-order valence-electron chi connectivity index (χ2n) is 7.52. The fourth-order valence-corrected chi connectivity index (χ4v) is 3.20. The lowest BCUT2D eigenvalue weighted by molar-refractivity contribution is -0.150. The first kappa shape index (κ1) is 23.1. The molecule has 0 aromatic heterocycles. The number of ether oxygens (including phenoxy) is 1. The van der Waals surface area contributed by atoms with Crippen molar-refractivity contribution >= 4 is 11.8 Å². The highest BCUT2D eigenvalue weighted by atomic mass is 16.5. The Bertz CT molecular complexity index is 338. The van der Waals surface area contributed by atoms with E-state index in [0.717, 1.165) is 12.8 Å². The molecule has 0 spiro atoms. The largest absolute Gasteiger partial charge is 0.468 e. The van der Waals surface area contributed by atoms with Crippen LogP contribution >= 0.6 is 0 Å². The second kappa shape index (κ2) is 14.5. The van der Waals surface area contributed by atoms with Gasteiger partial charge in [0, 0.05) is 6.42 Å². The third-order valence-electron chi connectivity index (χ3n) is 5.00. The van der Waals surface area contributed by atoms with E-state index in [9.17, 15) is 9.59 Å². The first-order valence-corrected chi connectivity index (χ1v) is 10.1. The Morgan fingerprint density at radius 2 is 1.46 bits per heavy atom. The van der Waals surface area contributed by atoms with Crippen molar-refractivity contribution in [1.82, 2.24) is 0 Å². The van der Waals surface area contributed by atoms with Crippen LogP contribution in [0.5, 0.6) is 0 Å². The van der Waals surface area contributed by atoms with Crippen LogP contribution < -0.4 is 0 Å². The Morgan fingerprint density at radius 1 is 0.833 bits per heavy atom. The molecular formula is C21H40O3. The van der Waals surface area contributed by atoms with E-state index >= 15 is 0 Å². The zero-order chi connectivity index (χ0) is 18.4. The van der Waals surface area contributed by atoms with Gasteiger partial charge >= 0.3 is 5.97 Å². The van der Waals surface area contributed by atoms with Crippen LogP contribution in [0.25, 0.3) is 0 Å². The van der Waals surface area contributed by atoms with Gasteiger partial charge in [-0.1, -0.05) is 79.1 Å². The summed E-state index contributed by atoms with van der Waals surface area (Å²) < 4.78 is 4.89. The van der Waals surface area contributed by atoms with Gasteiger partial charge in [0.1, 0.15) is 11.7 Å². The lowest BCUT2D eigenvalue weighted by atomic mass is 9.86. The van der Waals surface area contributed by atoms with Crippen LogP contribution in [0.1, 0.15) is 98.3 Å². The molecule has 1 unspecified atom stereocenters. The topological polar surface area (TPSA) is 43.4 Å². The summed E-state index contributed by atoms with van der Waals surface area (Å²) in [4.78, 5) is 24.6. The smallest absolute Gasteiger partial charge is 0.316 e. The molecule has 0 saturated carbocycles. The number of methoxy groups -OCH3 is 1. The van der Waals surface area contributed by atoms with Gasteiger partial charge in [0.2, 0.25) is 0 Å². The average Bonchev–Trinajstić information content (AvgIpc) is 2.58. The van der Waals surface area contributed by atoms with Crippen molar-refractivity contribution in [2.45, 2.75) is 98.3 Å². The third kappa shape index (κ3) is 10.8. The zero-order valence-electron chi connectivity index (χ0n) is 16.7. The molecule has 0 aliphatic heterocycles. The predicted octanol–water partition coefficient (Wildman–Crippen LogP) is 5.95. The maximum absolute atomic E-state index is 12.5. The second-order valence-corrected chi connectivity index (χ2v) is 7.52. The van der Waals surface area contributed by atoms with Crippen LogP contribution in [0.2, 0.25) is 0 Å². The van der Waals surface area contributed by atoms with Gasteiger partial charge < -0.3 is 4.74 Å². The maximum Gasteiger partial charge on any atom is 0.316 e. The SMILES string of the molecule is CCCCCC[C@H](C)CC(C(=O)CC[C@H](C)CCCC)C(=O)OC. The molecule has 24 heavy (non-hydrogen) atoms. The number of ketones is 1. The normalized spacial score (nSPS) is 14.9. The van der Waals surface area contributed by atoms with Crippen LogP contribution in [0, 0.1) is 17.8 Å². The highest BCUT2D eigenvalue weighted by Crippen LogP contribution is 2.23. The fraction of sp³-hybridized carbons (Fsp3) is 0.905. The van der Waals surface area contributed by atoms with E-state index in [1.807, 2.05) is 0 Å². The minimum atomic E-state index is -0.561. The van der Waals surface area contributed by atoms with Crippen LogP contribution in [-0.2, 0) is 14.3 Å². The number of carbonyl (C=O) groups is 2. The Labute approximate surface area is 149 Å². The minimum absolute atomic E-state index is 0.0746. The summed E-state index contributed by atoms with van der Waals surface area (Å²) in [5.74, 6) is 0.118. The Balaban J connectivity index is 4.37. The number of esters is 1. The van der Waals surface area contributed by atoms with Gasteiger partial charge in [-0.3, -0.25) is 9.59 Å². The number of hydrogen-bond donors (Lipinski definition) is 0. The van der Waals surface area contributed by atoms with Crippen molar-refractivity contribution in [2.24, 2.45) is 17.8 Å². The first-order valence-electron chi connectivity index (χ1n) is 10.1. The highest BCUT2D eigenvalue weighted by molar-refractivity contribution is 5.98. The first-order chi connectivity index (χ1) is 11.5. The van der Waals surface area contributed by atoms with E-state index in [-0.39, 0.29) is 11.8 Å². The molecule has 0 radical (unpaired) electrons. The highest BCUT2D eigenvalue weighted by Gasteiger charge is 2.28. The molecule has 0 aromatic rings. The van der Waals surface area contributed by atoms with Gasteiger partial charge in [0.05, 0.1) is 7.11 Å². The number of rotatable bonds is 15. The van der Waals surface area contributed by atoms with Crippen molar-refractivity contribution < 1.29 is 14.3 Å². The lowest BCUT2D eigenvalue weighted by Gasteiger charge is -2.19. The Hall–Kier alpha value is -0.860. The Morgan fingerprint density at radius 3 is 2.04 bits per heavy atom. The van der Waals surface area contributed by atoms with E-state index in [0.29, 0.717) is 24.7 Å². The molecule has 0 aliphatic carbocycles. The molecule has 0 fully saturated rings. The van der Waals surface area contributed by atoms with Gasteiger partial charge in [-0.2, -0.15) is 0 Å². The lowest BCUT2D eigenvalue weighted by Crippen LogP contribution is -2.27. The van der Waals surface area contributed by atoms with E-state index in [4.69, 9.17) is 4.74 Å². The summed E-state index contributed by atoms with van der Waals surface area (Å²) in [7, 11) is 1.39. The van der Waals surface area contributed by atoms with Crippen LogP contribution in [0.4, 0.5) is 0 Å². The molecule has 0 rings (SSSR count). The Kier molecular flexibility index (Phi) is 14.0. The molecule has 0 bridgehead atoms. The quantitative estimate of drug-likeness (QED) is 0.210. The minimum Gasteiger partial charge on any atom is -0.468 e. The summed E-state index contributed by atoms with van der Waals surface area (Å²) in [6.07, 6.45) is 11.6. The van der Waals surface area contributed by atoms with Crippen LogP contribution in [-0.4, -0.2) is 18.9 Å². The van der Waals surface area contributed by atoms with Gasteiger partial charge in [-0.15, -0.1) is 0 Å². The van der Waals surface area contributed by atoms with Crippen molar-refractivity contribution in [1.29, 1.82) is 0 Å². The number of hydrogen-bond acceptors (Lipinski definition) is 3. The molecular weight excluding hydrogens is 300 g/mol. The fourth-order valence-electron chi connectivity index (χ4n) is 3.20. The molecule has 0 aliphatic rings. The van der Waals surface area contributed by atoms with E-state index < -0.39 is 5.92 Å². The van der Waals surface area contributed by atoms with E-state index in [1.165, 1.54) is 52.1 Å². The van der Waals surface area contributed by atoms with Crippen LogP contribution in [0.3, 0.4) is 0 Å². The molecule has 142 valence electrons. The van der Waals surface area contributed by atoms with Gasteiger partial charge in [0.25, 0.3) is 0 Å². The molecule has 0 N–H and O–H groups in total. The molecule has 3 atom stereocenters. The van der Waals surface area contributed by atoms with Gasteiger partial charge in [-0.05, 0) is 24.7 Å². The van der Waals surface area contributed by atoms with Crippen LogP contribution in [0.15, 0.2) is 0 Å². The summed E-state index contributed by atoms with van der Waals surface area (Å²) in [6.45, 7) is 8.75. The predicted molar refractivity (Wildman–Crippen MR) is 101 cm³/mol. The standard InChI is InChI=1S/C21H40O3/c1-6-8-10-11-13-18(4)16-19(21(23)24-5)20(22)15-14-17(3)12-9-7-2/h17-19H,6-16H2,1-5H3/t17-,18+,19?/m1/s1. The maximum atomic E-state index is 12.5. The number of unbranched alkanes of at least 4 members (excludes halogenated alkanes) is 4. The summed E-state index contributed by atoms with van der Waals surface area (Å²) in [5, 5.41) is 0. The number of Topliss-reactive ketones (excluding diaryl/α,β-unsaturated/α-hetero) is 1. The molecule has 3 nitrogen and oxygen atoms in total. The number of carbonyl (C=O) groups excluding carboxylic acids is 2. The molecule has 3 heteroatoms. The van der Waals surface area contributed by atoms with Gasteiger partial charge in [-0.25, -0.2) is 0 Å². The average molecular weight is 341 g/mol. The van der Waals surface area contributed by atoms with Crippen molar-refractivity contribution in [2.75, 3.05) is 7.11 Å². The van der Waals surface area contributed by atoms with Crippen molar-refractivity contribution in [3.63, 3.8) is 0 Å². The van der Waals surface area contributed by atoms with Crippen molar-refractivity contribution in [3.8, 4) is 0 Å². The molecule has 0 amide bonds. The third-order valence-corrected chi connectivity index (χ3v) is 5.00. The molecule has 0 heterocycles. The monoisotopic (exact) mass is 340 g/mol. The van der Waals surface area contributed by atoms with Gasteiger partial charge in [0.15, 0.2) is 0 Å². The summed E-state index contributed by atoms with van der Waals surface area (Å²) in [5.41, 5.74) is 0. The van der Waals surface area contributed by atoms with E-state index in [2.05, 4.69) is 27.7 Å². The summed E-state index contributed by atoms with van der Waals surface area (Å²) in [6, 6.07) is 0. The molecule has 0 aromatic carbocycles. The molecule has 0 saturated heterocycles. The summed E-state index contributed by atoms with van der Waals surface area (Å²) >= 11 is 0. The van der Waals surface area contributed by atoms with Crippen molar-refractivity contribution in [3.05, 3.63) is 0 Å². The van der Waals surface area contributed by atoms with E-state index in [1.54, 1.807) is 0 Å².